The normalized spacial score (nSPS) is 18.1. The van der Waals surface area contributed by atoms with E-state index in [2.05, 4.69) is 5.32 Å². The van der Waals surface area contributed by atoms with Crippen molar-refractivity contribution in [2.45, 2.75) is 26.3 Å². The van der Waals surface area contributed by atoms with E-state index < -0.39 is 0 Å². The second-order valence-corrected chi connectivity index (χ2v) is 5.19. The Morgan fingerprint density at radius 3 is 2.81 bits per heavy atom. The fourth-order valence-electron chi connectivity index (χ4n) is 2.50. The number of nitrogens with one attached hydrogen (secondary N) is 1. The Bertz CT molecular complexity index is 476. The summed E-state index contributed by atoms with van der Waals surface area (Å²) in [5, 5.41) is 2.94. The van der Waals surface area contributed by atoms with Gasteiger partial charge in [0.05, 0.1) is 12.5 Å². The minimum absolute atomic E-state index is 0.00727. The maximum Gasteiger partial charge on any atom is 0.409 e. The molecule has 1 aromatic rings. The van der Waals surface area contributed by atoms with E-state index in [9.17, 15) is 9.59 Å². The van der Waals surface area contributed by atoms with Gasteiger partial charge in [-0.1, -0.05) is 30.3 Å². The Morgan fingerprint density at radius 1 is 1.33 bits per heavy atom. The van der Waals surface area contributed by atoms with Gasteiger partial charge in [-0.15, -0.1) is 0 Å². The SMILES string of the molecule is CCOC(=O)N1CCCC(C(=O)NCc2ccccc2)C1. The van der Waals surface area contributed by atoms with Crippen LogP contribution in [0.2, 0.25) is 0 Å². The van der Waals surface area contributed by atoms with Gasteiger partial charge in [-0.2, -0.15) is 0 Å². The van der Waals surface area contributed by atoms with Gasteiger partial charge in [0, 0.05) is 19.6 Å². The van der Waals surface area contributed by atoms with Crippen molar-refractivity contribution in [1.29, 1.82) is 0 Å². The molecule has 1 aliphatic heterocycles. The molecule has 2 rings (SSSR count). The monoisotopic (exact) mass is 290 g/mol. The van der Waals surface area contributed by atoms with Crippen LogP contribution in [0.1, 0.15) is 25.3 Å². The van der Waals surface area contributed by atoms with Gasteiger partial charge >= 0.3 is 6.09 Å². The number of hydrogen-bond donors (Lipinski definition) is 1. The zero-order valence-corrected chi connectivity index (χ0v) is 12.4. The van der Waals surface area contributed by atoms with Gasteiger partial charge in [-0.05, 0) is 25.3 Å². The van der Waals surface area contributed by atoms with Crippen LogP contribution in [-0.2, 0) is 16.1 Å². The summed E-state index contributed by atoms with van der Waals surface area (Å²) in [4.78, 5) is 25.5. The zero-order chi connectivity index (χ0) is 15.1. The molecule has 2 amide bonds. The van der Waals surface area contributed by atoms with Gasteiger partial charge in [0.1, 0.15) is 0 Å². The molecule has 1 aromatic carbocycles. The van der Waals surface area contributed by atoms with Gasteiger partial charge in [0.2, 0.25) is 5.91 Å². The maximum absolute atomic E-state index is 12.2. The van der Waals surface area contributed by atoms with Crippen LogP contribution >= 0.6 is 0 Å². The largest absolute Gasteiger partial charge is 0.450 e. The third-order valence-corrected chi connectivity index (χ3v) is 3.63. The standard InChI is InChI=1S/C16H22N2O3/c1-2-21-16(20)18-10-6-9-14(12-18)15(19)17-11-13-7-4-3-5-8-13/h3-5,7-8,14H,2,6,9-12H2,1H3,(H,17,19). The molecule has 1 saturated heterocycles. The summed E-state index contributed by atoms with van der Waals surface area (Å²) in [6.45, 7) is 3.78. The molecule has 1 unspecified atom stereocenters. The molecule has 0 spiro atoms. The highest BCUT2D eigenvalue weighted by Gasteiger charge is 2.28. The second-order valence-electron chi connectivity index (χ2n) is 5.19. The predicted octanol–water partition coefficient (Wildman–Crippen LogP) is 2.17. The Kier molecular flexibility index (Phi) is 5.60. The summed E-state index contributed by atoms with van der Waals surface area (Å²) in [5.41, 5.74) is 1.07. The fourth-order valence-corrected chi connectivity index (χ4v) is 2.50. The minimum atomic E-state index is -0.321. The Labute approximate surface area is 125 Å². The van der Waals surface area contributed by atoms with Gasteiger partial charge in [0.25, 0.3) is 0 Å². The molecule has 5 heteroatoms. The number of ether oxygens (including phenoxy) is 1. The average Bonchev–Trinajstić information content (AvgIpc) is 2.54. The van der Waals surface area contributed by atoms with E-state index in [-0.39, 0.29) is 17.9 Å². The molecule has 0 aromatic heterocycles. The van der Waals surface area contributed by atoms with Crippen LogP contribution in [-0.4, -0.2) is 36.6 Å². The lowest BCUT2D eigenvalue weighted by molar-refractivity contribution is -0.126. The summed E-state index contributed by atoms with van der Waals surface area (Å²) >= 11 is 0. The van der Waals surface area contributed by atoms with Crippen LogP contribution in [0.3, 0.4) is 0 Å². The molecule has 21 heavy (non-hydrogen) atoms. The van der Waals surface area contributed by atoms with Crippen LogP contribution in [0.15, 0.2) is 30.3 Å². The smallest absolute Gasteiger partial charge is 0.409 e. The van der Waals surface area contributed by atoms with Crippen LogP contribution in [0.25, 0.3) is 0 Å². The number of rotatable bonds is 4. The van der Waals surface area contributed by atoms with Crippen LogP contribution in [0, 0.1) is 5.92 Å². The topological polar surface area (TPSA) is 58.6 Å². The van der Waals surface area contributed by atoms with Crippen molar-refractivity contribution >= 4 is 12.0 Å². The predicted molar refractivity (Wildman–Crippen MR) is 79.6 cm³/mol. The van der Waals surface area contributed by atoms with Crippen LogP contribution in [0.5, 0.6) is 0 Å². The highest BCUT2D eigenvalue weighted by atomic mass is 16.6. The quantitative estimate of drug-likeness (QED) is 0.924. The Balaban J connectivity index is 1.83. The first-order chi connectivity index (χ1) is 10.2. The van der Waals surface area contributed by atoms with Crippen molar-refractivity contribution in [3.63, 3.8) is 0 Å². The first-order valence-corrected chi connectivity index (χ1v) is 7.44. The van der Waals surface area contributed by atoms with Crippen molar-refractivity contribution in [3.05, 3.63) is 35.9 Å². The van der Waals surface area contributed by atoms with E-state index in [1.807, 2.05) is 30.3 Å². The summed E-state index contributed by atoms with van der Waals surface area (Å²) in [7, 11) is 0. The summed E-state index contributed by atoms with van der Waals surface area (Å²) in [6, 6.07) is 9.80. The third-order valence-electron chi connectivity index (χ3n) is 3.63. The van der Waals surface area contributed by atoms with Crippen LogP contribution in [0.4, 0.5) is 4.79 Å². The van der Waals surface area contributed by atoms with E-state index in [0.717, 1.165) is 18.4 Å². The number of nitrogens with zero attached hydrogens (tertiary/aromatic N) is 1. The number of hydrogen-bond acceptors (Lipinski definition) is 3. The van der Waals surface area contributed by atoms with E-state index in [1.165, 1.54) is 0 Å². The van der Waals surface area contributed by atoms with E-state index >= 15 is 0 Å². The maximum atomic E-state index is 12.2. The molecular formula is C16H22N2O3. The summed E-state index contributed by atoms with van der Waals surface area (Å²) < 4.78 is 4.99. The molecule has 0 saturated carbocycles. The van der Waals surface area contributed by atoms with E-state index in [1.54, 1.807) is 11.8 Å². The van der Waals surface area contributed by atoms with E-state index in [4.69, 9.17) is 4.74 Å². The summed E-state index contributed by atoms with van der Waals surface area (Å²) in [5.74, 6) is -0.139. The van der Waals surface area contributed by atoms with Crippen molar-refractivity contribution in [2.24, 2.45) is 5.92 Å². The van der Waals surface area contributed by atoms with Gasteiger partial charge < -0.3 is 15.0 Å². The molecule has 0 radical (unpaired) electrons. The molecule has 0 bridgehead atoms. The first kappa shape index (κ1) is 15.4. The van der Waals surface area contributed by atoms with E-state index in [0.29, 0.717) is 26.2 Å². The Morgan fingerprint density at radius 2 is 2.10 bits per heavy atom. The molecular weight excluding hydrogens is 268 g/mol. The van der Waals surface area contributed by atoms with Crippen LogP contribution < -0.4 is 5.32 Å². The van der Waals surface area contributed by atoms with Crippen molar-refractivity contribution < 1.29 is 14.3 Å². The lowest BCUT2D eigenvalue weighted by atomic mass is 9.97. The zero-order valence-electron chi connectivity index (χ0n) is 12.4. The average molecular weight is 290 g/mol. The highest BCUT2D eigenvalue weighted by Crippen LogP contribution is 2.17. The number of likely N-dealkylation sites (tertiary alicyclic amines) is 1. The first-order valence-electron chi connectivity index (χ1n) is 7.44. The van der Waals surface area contributed by atoms with Gasteiger partial charge in [0.15, 0.2) is 0 Å². The molecule has 5 nitrogen and oxygen atoms in total. The molecule has 1 atom stereocenters. The van der Waals surface area contributed by atoms with Crippen molar-refractivity contribution in [1.82, 2.24) is 10.2 Å². The molecule has 114 valence electrons. The fraction of sp³-hybridized carbons (Fsp3) is 0.500. The van der Waals surface area contributed by atoms with Gasteiger partial charge in [-0.25, -0.2) is 4.79 Å². The lowest BCUT2D eigenvalue weighted by Crippen LogP contribution is -2.45. The van der Waals surface area contributed by atoms with Crippen molar-refractivity contribution in [2.75, 3.05) is 19.7 Å². The van der Waals surface area contributed by atoms with Crippen molar-refractivity contribution in [3.8, 4) is 0 Å². The molecule has 1 heterocycles. The second kappa shape index (κ2) is 7.67. The number of carbonyl (C=O) groups is 2. The van der Waals surface area contributed by atoms with Gasteiger partial charge in [-0.3, -0.25) is 4.79 Å². The molecule has 1 fully saturated rings. The highest BCUT2D eigenvalue weighted by molar-refractivity contribution is 5.80. The number of amides is 2. The molecule has 0 aliphatic carbocycles. The molecule has 1 N–H and O–H groups in total. The molecule has 1 aliphatic rings. The number of piperidine rings is 1. The summed E-state index contributed by atoms with van der Waals surface area (Å²) in [6.07, 6.45) is 1.33. The number of carbonyl (C=O) groups excluding carboxylic acids is 2. The minimum Gasteiger partial charge on any atom is -0.450 e. The lowest BCUT2D eigenvalue weighted by Gasteiger charge is -2.31. The number of benzene rings is 1. The third kappa shape index (κ3) is 4.48. The Hall–Kier alpha value is -2.04.